The smallest absolute Gasteiger partial charge is 0.396 e. The molecule has 112 valence electrons. The van der Waals surface area contributed by atoms with E-state index >= 15 is 0 Å². The number of aliphatic hydroxyl groups excluding tert-OH is 1. The van der Waals surface area contributed by atoms with Crippen molar-refractivity contribution in [1.29, 1.82) is 0 Å². The summed E-state index contributed by atoms with van der Waals surface area (Å²) in [5.74, 6) is 5.24. The molecule has 0 aliphatic heterocycles. The Bertz CT molecular complexity index is 467. The molecule has 2 unspecified atom stereocenters. The van der Waals surface area contributed by atoms with Crippen LogP contribution < -0.4 is 16.6 Å². The number of nitrogen functional groups attached to an aromatic ring is 1. The van der Waals surface area contributed by atoms with Gasteiger partial charge in [0.05, 0.1) is 5.56 Å². The van der Waals surface area contributed by atoms with E-state index in [0.717, 1.165) is 31.4 Å². The average Bonchev–Trinajstić information content (AvgIpc) is 2.84. The minimum absolute atomic E-state index is 0.0125. The van der Waals surface area contributed by atoms with Gasteiger partial charge in [-0.2, -0.15) is 13.2 Å². The molecule has 8 heteroatoms. The molecule has 1 fully saturated rings. The van der Waals surface area contributed by atoms with Crippen molar-refractivity contribution in [3.05, 3.63) is 17.7 Å². The molecule has 1 aromatic rings. The molecule has 2 atom stereocenters. The lowest BCUT2D eigenvalue weighted by molar-refractivity contribution is -0.137. The van der Waals surface area contributed by atoms with E-state index in [0.29, 0.717) is 0 Å². The Morgan fingerprint density at radius 1 is 1.30 bits per heavy atom. The molecule has 0 spiro atoms. The van der Waals surface area contributed by atoms with Crippen LogP contribution in [0.3, 0.4) is 0 Å². The van der Waals surface area contributed by atoms with Crippen molar-refractivity contribution in [1.82, 2.24) is 4.98 Å². The molecule has 1 aliphatic carbocycles. The number of halogens is 3. The minimum atomic E-state index is -4.46. The summed E-state index contributed by atoms with van der Waals surface area (Å²) in [4.78, 5) is 3.97. The number of aromatic nitrogens is 1. The van der Waals surface area contributed by atoms with Crippen molar-refractivity contribution in [2.24, 2.45) is 11.8 Å². The van der Waals surface area contributed by atoms with Crippen LogP contribution in [-0.2, 0) is 6.18 Å². The molecule has 0 amide bonds. The summed E-state index contributed by atoms with van der Waals surface area (Å²) in [6, 6.07) is 1.73. The molecule has 0 saturated heterocycles. The molecule has 0 aromatic carbocycles. The van der Waals surface area contributed by atoms with E-state index in [1.54, 1.807) is 0 Å². The van der Waals surface area contributed by atoms with E-state index in [9.17, 15) is 18.3 Å². The van der Waals surface area contributed by atoms with Crippen molar-refractivity contribution in [3.63, 3.8) is 0 Å². The quantitative estimate of drug-likeness (QED) is 0.503. The van der Waals surface area contributed by atoms with Gasteiger partial charge in [0.2, 0.25) is 0 Å². The van der Waals surface area contributed by atoms with Gasteiger partial charge in [-0.3, -0.25) is 0 Å². The minimum Gasteiger partial charge on any atom is -0.396 e. The third-order valence-corrected chi connectivity index (χ3v) is 3.53. The lowest BCUT2D eigenvalue weighted by Crippen LogP contribution is -2.27. The van der Waals surface area contributed by atoms with Gasteiger partial charge < -0.3 is 15.8 Å². The molecule has 1 aliphatic rings. The number of nitrogens with one attached hydrogen (secondary N) is 2. The topological polar surface area (TPSA) is 83.2 Å². The van der Waals surface area contributed by atoms with Crippen molar-refractivity contribution < 1.29 is 18.3 Å². The molecule has 1 aromatic heterocycles. The number of anilines is 2. The number of nitrogens with two attached hydrogens (primary N) is 1. The molecule has 20 heavy (non-hydrogen) atoms. The lowest BCUT2D eigenvalue weighted by Gasteiger charge is -2.20. The van der Waals surface area contributed by atoms with E-state index in [1.165, 1.54) is 0 Å². The maximum absolute atomic E-state index is 12.8. The molecule has 5 N–H and O–H groups in total. The number of nitrogens with zero attached hydrogens (tertiary/aromatic N) is 1. The van der Waals surface area contributed by atoms with E-state index < -0.39 is 11.7 Å². The van der Waals surface area contributed by atoms with Gasteiger partial charge in [0, 0.05) is 18.6 Å². The fraction of sp³-hybridized carbons (Fsp3) is 0.583. The largest absolute Gasteiger partial charge is 0.416 e. The number of pyridine rings is 1. The monoisotopic (exact) mass is 290 g/mol. The van der Waals surface area contributed by atoms with Crippen molar-refractivity contribution in [2.45, 2.75) is 31.5 Å². The first-order chi connectivity index (χ1) is 9.44. The molecule has 1 saturated carbocycles. The second-order valence-corrected chi connectivity index (χ2v) is 4.89. The van der Waals surface area contributed by atoms with Crippen LogP contribution in [0.5, 0.6) is 0 Å². The molecule has 1 heterocycles. The summed E-state index contributed by atoms with van der Waals surface area (Å²) in [5.41, 5.74) is 1.31. The highest BCUT2D eigenvalue weighted by atomic mass is 19.4. The van der Waals surface area contributed by atoms with Crippen molar-refractivity contribution in [2.75, 3.05) is 17.3 Å². The van der Waals surface area contributed by atoms with Crippen LogP contribution in [0.1, 0.15) is 24.8 Å². The predicted molar refractivity (Wildman–Crippen MR) is 68.9 cm³/mol. The van der Waals surface area contributed by atoms with Crippen molar-refractivity contribution in [3.8, 4) is 0 Å². The Morgan fingerprint density at radius 3 is 2.60 bits per heavy atom. The SMILES string of the molecule is NNc1cc(C(F)(F)F)cc(NC2CCCC2CO)n1. The van der Waals surface area contributed by atoms with Gasteiger partial charge in [-0.15, -0.1) is 0 Å². The van der Waals surface area contributed by atoms with Crippen LogP contribution in [-0.4, -0.2) is 22.7 Å². The number of hydrazine groups is 1. The summed E-state index contributed by atoms with van der Waals surface area (Å²) in [6.07, 6.45) is -1.87. The number of hydrogen-bond acceptors (Lipinski definition) is 5. The van der Waals surface area contributed by atoms with Gasteiger partial charge in [0.25, 0.3) is 0 Å². The second-order valence-electron chi connectivity index (χ2n) is 4.89. The van der Waals surface area contributed by atoms with E-state index in [2.05, 4.69) is 15.7 Å². The summed E-state index contributed by atoms with van der Waals surface area (Å²) in [6.45, 7) is 0.0125. The first-order valence-electron chi connectivity index (χ1n) is 6.37. The van der Waals surface area contributed by atoms with Crippen LogP contribution in [0.25, 0.3) is 0 Å². The molecule has 5 nitrogen and oxygen atoms in total. The molecule has 2 rings (SSSR count). The fourth-order valence-corrected chi connectivity index (χ4v) is 2.48. The normalized spacial score (nSPS) is 22.9. The summed E-state index contributed by atoms with van der Waals surface area (Å²) < 4.78 is 38.3. The summed E-state index contributed by atoms with van der Waals surface area (Å²) in [5, 5.41) is 12.2. The highest BCUT2D eigenvalue weighted by Gasteiger charge is 2.32. The van der Waals surface area contributed by atoms with Gasteiger partial charge in [0.1, 0.15) is 11.6 Å². The summed E-state index contributed by atoms with van der Waals surface area (Å²) in [7, 11) is 0. The number of alkyl halides is 3. The van der Waals surface area contributed by atoms with Crippen LogP contribution in [0.2, 0.25) is 0 Å². The predicted octanol–water partition coefficient (Wildman–Crippen LogP) is 1.96. The number of hydrogen-bond donors (Lipinski definition) is 4. The van der Waals surface area contributed by atoms with Crippen molar-refractivity contribution >= 4 is 11.6 Å². The Hall–Kier alpha value is -1.54. The Balaban J connectivity index is 2.22. The highest BCUT2D eigenvalue weighted by Crippen LogP contribution is 2.33. The maximum atomic E-state index is 12.8. The second kappa shape index (κ2) is 5.84. The molecular formula is C12H17F3N4O. The van der Waals surface area contributed by atoms with E-state index in [1.807, 2.05) is 0 Å². The van der Waals surface area contributed by atoms with Gasteiger partial charge in [-0.25, -0.2) is 10.8 Å². The number of rotatable bonds is 4. The third kappa shape index (κ3) is 3.31. The average molecular weight is 290 g/mol. The zero-order valence-electron chi connectivity index (χ0n) is 10.7. The maximum Gasteiger partial charge on any atom is 0.416 e. The lowest BCUT2D eigenvalue weighted by atomic mass is 10.1. The highest BCUT2D eigenvalue weighted by molar-refractivity contribution is 5.49. The first kappa shape index (κ1) is 14.9. The van der Waals surface area contributed by atoms with Crippen LogP contribution in [0.4, 0.5) is 24.8 Å². The van der Waals surface area contributed by atoms with Crippen LogP contribution >= 0.6 is 0 Å². The zero-order valence-corrected chi connectivity index (χ0v) is 10.7. The summed E-state index contributed by atoms with van der Waals surface area (Å²) >= 11 is 0. The van der Waals surface area contributed by atoms with Crippen LogP contribution in [0.15, 0.2) is 12.1 Å². The first-order valence-corrected chi connectivity index (χ1v) is 6.37. The van der Waals surface area contributed by atoms with E-state index in [4.69, 9.17) is 5.84 Å². The van der Waals surface area contributed by atoms with Gasteiger partial charge >= 0.3 is 6.18 Å². The third-order valence-electron chi connectivity index (χ3n) is 3.53. The Kier molecular flexibility index (Phi) is 4.34. The van der Waals surface area contributed by atoms with Gasteiger partial charge in [0.15, 0.2) is 0 Å². The Morgan fingerprint density at radius 2 is 2.00 bits per heavy atom. The zero-order chi connectivity index (χ0) is 14.8. The van der Waals surface area contributed by atoms with Gasteiger partial charge in [-0.05, 0) is 25.0 Å². The standard InChI is InChI=1S/C12H17F3N4O/c13-12(14,15)8-4-10(18-11(5-8)19-16)17-9-3-1-2-7(9)6-20/h4-5,7,9,20H,1-3,6,16H2,(H2,17,18,19). The van der Waals surface area contributed by atoms with Crippen LogP contribution in [0, 0.1) is 5.92 Å². The fourth-order valence-electron chi connectivity index (χ4n) is 2.48. The molecular weight excluding hydrogens is 273 g/mol. The van der Waals surface area contributed by atoms with E-state index in [-0.39, 0.29) is 30.2 Å². The Labute approximate surface area is 114 Å². The van der Waals surface area contributed by atoms with Gasteiger partial charge in [-0.1, -0.05) is 6.42 Å². The molecule has 0 radical (unpaired) electrons. The molecule has 0 bridgehead atoms. The number of aliphatic hydroxyl groups is 1.